The van der Waals surface area contributed by atoms with Crippen molar-refractivity contribution >= 4 is 12.3 Å². The summed E-state index contributed by atoms with van der Waals surface area (Å²) in [5.41, 5.74) is 1.56. The van der Waals surface area contributed by atoms with E-state index >= 15 is 0 Å². The van der Waals surface area contributed by atoms with Gasteiger partial charge in [-0.3, -0.25) is 0 Å². The van der Waals surface area contributed by atoms with Gasteiger partial charge in [0, 0.05) is 0 Å². The Morgan fingerprint density at radius 3 is 1.90 bits per heavy atom. The lowest BCUT2D eigenvalue weighted by Gasteiger charge is -2.36. The Morgan fingerprint density at radius 1 is 0.839 bits per heavy atom. The van der Waals surface area contributed by atoms with Gasteiger partial charge in [0.15, 0.2) is 18.5 Å². The average molecular weight is 430 g/mol. The fourth-order valence-corrected chi connectivity index (χ4v) is 3.35. The van der Waals surface area contributed by atoms with Gasteiger partial charge in [-0.2, -0.15) is 0 Å². The predicted octanol–water partition coefficient (Wildman–Crippen LogP) is 2.55. The topological polar surface area (TPSA) is 110 Å². The molecule has 2 saturated heterocycles. The number of carbonyl (C=O) groups excluding carboxylic acids is 2. The molecule has 2 aromatic rings. The van der Waals surface area contributed by atoms with Gasteiger partial charge in [-0.05, 0) is 11.1 Å². The van der Waals surface area contributed by atoms with Crippen molar-refractivity contribution in [1.29, 1.82) is 0 Å². The lowest BCUT2D eigenvalue weighted by Crippen LogP contribution is -2.56. The fourth-order valence-electron chi connectivity index (χ4n) is 3.35. The van der Waals surface area contributed by atoms with Crippen LogP contribution in [-0.2, 0) is 41.6 Å². The van der Waals surface area contributed by atoms with E-state index < -0.39 is 43.0 Å². The first-order valence-corrected chi connectivity index (χ1v) is 9.80. The van der Waals surface area contributed by atoms with E-state index in [2.05, 4.69) is 0 Å². The molecule has 2 fully saturated rings. The van der Waals surface area contributed by atoms with Gasteiger partial charge < -0.3 is 33.5 Å². The first kappa shape index (κ1) is 21.1. The molecule has 9 nitrogen and oxygen atoms in total. The Balaban J connectivity index is 1.31. The third-order valence-electron chi connectivity index (χ3n) is 4.91. The van der Waals surface area contributed by atoms with Gasteiger partial charge in [0.1, 0.15) is 25.4 Å². The van der Waals surface area contributed by atoms with Crippen LogP contribution in [0.15, 0.2) is 60.7 Å². The third-order valence-corrected chi connectivity index (χ3v) is 4.91. The number of aliphatic hydroxyl groups excluding tert-OH is 1. The highest BCUT2D eigenvalue weighted by Crippen LogP contribution is 2.32. The number of aliphatic hydroxyl groups is 1. The summed E-state index contributed by atoms with van der Waals surface area (Å²) in [7, 11) is 0. The molecule has 4 rings (SSSR count). The Kier molecular flexibility index (Phi) is 6.66. The molecule has 31 heavy (non-hydrogen) atoms. The second kappa shape index (κ2) is 9.78. The van der Waals surface area contributed by atoms with Gasteiger partial charge in [-0.25, -0.2) is 9.59 Å². The lowest BCUT2D eigenvalue weighted by molar-refractivity contribution is -0.234. The summed E-state index contributed by atoms with van der Waals surface area (Å²) in [4.78, 5) is 24.2. The van der Waals surface area contributed by atoms with Crippen LogP contribution in [0, 0.1) is 0 Å². The summed E-state index contributed by atoms with van der Waals surface area (Å²) >= 11 is 0. The first-order valence-electron chi connectivity index (χ1n) is 9.80. The molecule has 0 saturated carbocycles. The van der Waals surface area contributed by atoms with Crippen LogP contribution in [0.1, 0.15) is 11.1 Å². The molecule has 2 heterocycles. The molecular formula is C22H22O9. The van der Waals surface area contributed by atoms with Crippen LogP contribution in [0.4, 0.5) is 9.59 Å². The summed E-state index contributed by atoms with van der Waals surface area (Å²) in [5, 5.41) is 10.7. The molecular weight excluding hydrogens is 408 g/mol. The van der Waals surface area contributed by atoms with Gasteiger partial charge >= 0.3 is 12.3 Å². The van der Waals surface area contributed by atoms with Gasteiger partial charge in [-0.15, -0.1) is 0 Å². The van der Waals surface area contributed by atoms with Crippen LogP contribution >= 0.6 is 0 Å². The molecule has 2 bridgehead atoms. The number of fused-ring (bicyclic) bond motifs is 2. The maximum atomic E-state index is 12.1. The molecule has 2 aromatic carbocycles. The van der Waals surface area contributed by atoms with Crippen molar-refractivity contribution in [2.75, 3.05) is 6.61 Å². The van der Waals surface area contributed by atoms with Crippen molar-refractivity contribution in [3.63, 3.8) is 0 Å². The number of hydrogen-bond acceptors (Lipinski definition) is 9. The van der Waals surface area contributed by atoms with Gasteiger partial charge in [-0.1, -0.05) is 60.7 Å². The molecule has 0 amide bonds. The molecule has 164 valence electrons. The Bertz CT molecular complexity index is 802. The van der Waals surface area contributed by atoms with E-state index in [-0.39, 0.29) is 19.8 Å². The zero-order chi connectivity index (χ0) is 21.6. The number of rotatable bonds is 6. The van der Waals surface area contributed by atoms with Crippen LogP contribution in [0.3, 0.4) is 0 Å². The number of ether oxygens (including phenoxy) is 6. The molecule has 1 N–H and O–H groups in total. The number of benzene rings is 2. The molecule has 5 atom stereocenters. The van der Waals surface area contributed by atoms with E-state index in [4.69, 9.17) is 28.4 Å². The van der Waals surface area contributed by atoms with Crippen LogP contribution in [0.2, 0.25) is 0 Å². The van der Waals surface area contributed by atoms with Crippen molar-refractivity contribution in [2.24, 2.45) is 0 Å². The average Bonchev–Trinajstić information content (AvgIpc) is 3.24. The van der Waals surface area contributed by atoms with E-state index in [0.29, 0.717) is 0 Å². The van der Waals surface area contributed by atoms with Gasteiger partial charge in [0.2, 0.25) is 0 Å². The highest BCUT2D eigenvalue weighted by atomic mass is 16.8. The quantitative estimate of drug-likeness (QED) is 0.691. The molecule has 0 aliphatic carbocycles. The maximum Gasteiger partial charge on any atom is 0.509 e. The van der Waals surface area contributed by atoms with Gasteiger partial charge in [0.05, 0.1) is 6.61 Å². The fraction of sp³-hybridized carbons (Fsp3) is 0.364. The monoisotopic (exact) mass is 430 g/mol. The molecule has 2 aliphatic rings. The van der Waals surface area contributed by atoms with Crippen LogP contribution < -0.4 is 0 Å². The highest BCUT2D eigenvalue weighted by Gasteiger charge is 2.54. The first-order chi connectivity index (χ1) is 15.1. The van der Waals surface area contributed by atoms with Gasteiger partial charge in [0.25, 0.3) is 0 Å². The minimum absolute atomic E-state index is 0.00321. The Morgan fingerprint density at radius 2 is 1.35 bits per heavy atom. The summed E-state index contributed by atoms with van der Waals surface area (Å²) in [5.74, 6) is 0. The molecule has 0 radical (unpaired) electrons. The normalized spacial score (nSPS) is 26.7. The van der Waals surface area contributed by atoms with Crippen molar-refractivity contribution in [3.8, 4) is 0 Å². The molecule has 2 aliphatic heterocycles. The van der Waals surface area contributed by atoms with Crippen molar-refractivity contribution in [1.82, 2.24) is 0 Å². The SMILES string of the molecule is O=C(OCc1ccccc1)OC1C2COC(O2)C(OC(=O)OCc2ccccc2)C1O. The standard InChI is InChI=1S/C22H22O9/c23-17-18(30-21(24)27-11-14-7-3-1-4-8-14)16-13-26-20(29-16)19(17)31-22(25)28-12-15-9-5-2-6-10-15/h1-10,16-20,23H,11-13H2. The van der Waals surface area contributed by atoms with Crippen molar-refractivity contribution in [3.05, 3.63) is 71.8 Å². The van der Waals surface area contributed by atoms with Crippen molar-refractivity contribution in [2.45, 2.75) is 43.9 Å². The molecule has 9 heteroatoms. The minimum atomic E-state index is -1.38. The van der Waals surface area contributed by atoms with E-state index in [1.807, 2.05) is 36.4 Å². The Labute approximate surface area is 178 Å². The third kappa shape index (κ3) is 5.32. The smallest absolute Gasteiger partial charge is 0.429 e. The lowest BCUT2D eigenvalue weighted by atomic mass is 10.0. The van der Waals surface area contributed by atoms with E-state index in [0.717, 1.165) is 11.1 Å². The molecule has 0 aromatic heterocycles. The van der Waals surface area contributed by atoms with E-state index in [9.17, 15) is 14.7 Å². The summed E-state index contributed by atoms with van der Waals surface area (Å²) in [6.45, 7) is 0.0827. The van der Waals surface area contributed by atoms with E-state index in [1.54, 1.807) is 24.3 Å². The molecule has 0 spiro atoms. The van der Waals surface area contributed by atoms with Crippen molar-refractivity contribution < 1.29 is 43.1 Å². The highest BCUT2D eigenvalue weighted by molar-refractivity contribution is 5.61. The second-order valence-electron chi connectivity index (χ2n) is 7.08. The minimum Gasteiger partial charge on any atom is -0.429 e. The zero-order valence-corrected chi connectivity index (χ0v) is 16.5. The molecule has 5 unspecified atom stereocenters. The predicted molar refractivity (Wildman–Crippen MR) is 104 cm³/mol. The largest absolute Gasteiger partial charge is 0.509 e. The Hall–Kier alpha value is -3.14. The number of hydrogen-bond donors (Lipinski definition) is 1. The zero-order valence-electron chi connectivity index (χ0n) is 16.5. The summed E-state index contributed by atoms with van der Waals surface area (Å²) in [6.07, 6.45) is -7.40. The summed E-state index contributed by atoms with van der Waals surface area (Å²) in [6, 6.07) is 18.1. The summed E-state index contributed by atoms with van der Waals surface area (Å²) < 4.78 is 31.6. The number of carbonyl (C=O) groups is 2. The van der Waals surface area contributed by atoms with Crippen LogP contribution in [0.25, 0.3) is 0 Å². The second-order valence-corrected chi connectivity index (χ2v) is 7.08. The van der Waals surface area contributed by atoms with Crippen LogP contribution in [0.5, 0.6) is 0 Å². The maximum absolute atomic E-state index is 12.1. The van der Waals surface area contributed by atoms with Crippen LogP contribution in [-0.4, -0.2) is 54.7 Å². The van der Waals surface area contributed by atoms with E-state index in [1.165, 1.54) is 0 Å².